The summed E-state index contributed by atoms with van der Waals surface area (Å²) in [5.74, 6) is 0.394. The van der Waals surface area contributed by atoms with Gasteiger partial charge in [-0.25, -0.2) is 19.3 Å². The first-order valence-corrected chi connectivity index (χ1v) is 13.9. The van der Waals surface area contributed by atoms with Gasteiger partial charge in [0.05, 0.1) is 30.3 Å². The van der Waals surface area contributed by atoms with Crippen LogP contribution in [0.3, 0.4) is 0 Å². The topological polar surface area (TPSA) is 131 Å². The zero-order chi connectivity index (χ0) is 29.9. The van der Waals surface area contributed by atoms with Crippen molar-refractivity contribution < 1.29 is 24.2 Å². The number of methoxy groups -OCH3 is 1. The van der Waals surface area contributed by atoms with E-state index in [1.54, 1.807) is 36.4 Å². The first-order valence-electron chi connectivity index (χ1n) is 13.9. The Morgan fingerprint density at radius 3 is 2.62 bits per heavy atom. The summed E-state index contributed by atoms with van der Waals surface area (Å²) in [7, 11) is 1.63. The Morgan fingerprint density at radius 1 is 1.12 bits per heavy atom. The predicted octanol–water partition coefficient (Wildman–Crippen LogP) is 5.74. The van der Waals surface area contributed by atoms with Gasteiger partial charge >= 0.3 is 12.1 Å². The van der Waals surface area contributed by atoms with E-state index in [9.17, 15) is 14.7 Å². The number of nitrogens with zero attached hydrogens (tertiary/aromatic N) is 4. The van der Waals surface area contributed by atoms with E-state index in [1.807, 2.05) is 61.9 Å². The van der Waals surface area contributed by atoms with Gasteiger partial charge in [-0.1, -0.05) is 18.2 Å². The van der Waals surface area contributed by atoms with Crippen molar-refractivity contribution in [2.24, 2.45) is 0 Å². The molecule has 3 N–H and O–H groups in total. The van der Waals surface area contributed by atoms with Crippen LogP contribution in [0.15, 0.2) is 60.8 Å². The quantitative estimate of drug-likeness (QED) is 0.242. The first kappa shape index (κ1) is 28.7. The Balaban J connectivity index is 1.48. The molecule has 2 aromatic carbocycles. The van der Waals surface area contributed by atoms with Gasteiger partial charge in [0.25, 0.3) is 0 Å². The largest absolute Gasteiger partial charge is 0.497 e. The van der Waals surface area contributed by atoms with Gasteiger partial charge in [-0.3, -0.25) is 0 Å². The summed E-state index contributed by atoms with van der Waals surface area (Å²) in [5.41, 5.74) is 2.65. The lowest BCUT2D eigenvalue weighted by Gasteiger charge is -2.34. The van der Waals surface area contributed by atoms with Gasteiger partial charge in [0.2, 0.25) is 0 Å². The maximum atomic E-state index is 12.8. The number of carboxylic acids is 1. The van der Waals surface area contributed by atoms with Gasteiger partial charge in [-0.15, -0.1) is 0 Å². The van der Waals surface area contributed by atoms with E-state index < -0.39 is 11.6 Å². The van der Waals surface area contributed by atoms with Gasteiger partial charge < -0.3 is 30.1 Å². The predicted molar refractivity (Wildman–Crippen MR) is 161 cm³/mol. The van der Waals surface area contributed by atoms with Gasteiger partial charge in [0.1, 0.15) is 11.4 Å². The minimum atomic E-state index is -1.000. The van der Waals surface area contributed by atoms with Crippen molar-refractivity contribution in [3.63, 3.8) is 0 Å². The van der Waals surface area contributed by atoms with Crippen LogP contribution in [-0.4, -0.2) is 68.7 Å². The molecule has 220 valence electrons. The van der Waals surface area contributed by atoms with Gasteiger partial charge in [0, 0.05) is 31.0 Å². The van der Waals surface area contributed by atoms with Crippen LogP contribution in [0.25, 0.3) is 11.0 Å². The maximum Gasteiger partial charge on any atom is 0.410 e. The zero-order valence-electron chi connectivity index (χ0n) is 24.3. The Labute approximate surface area is 244 Å². The molecule has 0 radical (unpaired) electrons. The molecule has 1 amide bonds. The number of pyridine rings is 1. The summed E-state index contributed by atoms with van der Waals surface area (Å²) in [4.78, 5) is 30.8. The van der Waals surface area contributed by atoms with Crippen LogP contribution in [-0.2, 0) is 11.3 Å². The van der Waals surface area contributed by atoms with Crippen LogP contribution in [0.4, 0.5) is 22.0 Å². The van der Waals surface area contributed by atoms with Crippen molar-refractivity contribution in [2.45, 2.75) is 51.8 Å². The number of aromatic carboxylic acids is 1. The van der Waals surface area contributed by atoms with Gasteiger partial charge in [0.15, 0.2) is 11.5 Å². The molecule has 1 aliphatic heterocycles. The third-order valence-corrected chi connectivity index (χ3v) is 6.93. The molecule has 3 heterocycles. The number of aromatic nitrogens is 3. The van der Waals surface area contributed by atoms with Crippen LogP contribution in [0.5, 0.6) is 5.75 Å². The normalized spacial score (nSPS) is 15.3. The molecule has 4 aromatic rings. The van der Waals surface area contributed by atoms with E-state index >= 15 is 0 Å². The van der Waals surface area contributed by atoms with E-state index in [2.05, 4.69) is 15.6 Å². The highest BCUT2D eigenvalue weighted by Crippen LogP contribution is 2.33. The van der Waals surface area contributed by atoms with Crippen molar-refractivity contribution in [3.05, 3.63) is 71.9 Å². The number of hydrogen-bond acceptors (Lipinski definition) is 8. The summed E-state index contributed by atoms with van der Waals surface area (Å²) < 4.78 is 12.8. The van der Waals surface area contributed by atoms with Crippen LogP contribution >= 0.6 is 0 Å². The highest BCUT2D eigenvalue weighted by atomic mass is 16.6. The van der Waals surface area contributed by atoms with E-state index in [4.69, 9.17) is 14.6 Å². The second-order valence-corrected chi connectivity index (χ2v) is 11.3. The minimum Gasteiger partial charge on any atom is -0.497 e. The molecular formula is C31H36N6O5. The van der Waals surface area contributed by atoms with Crippen LogP contribution in [0, 0.1) is 0 Å². The lowest BCUT2D eigenvalue weighted by atomic mass is 10.1. The van der Waals surface area contributed by atoms with Gasteiger partial charge in [-0.05, 0) is 75.6 Å². The molecule has 11 nitrogen and oxygen atoms in total. The summed E-state index contributed by atoms with van der Waals surface area (Å²) in [6.45, 7) is 7.17. The number of rotatable bonds is 8. The Morgan fingerprint density at radius 2 is 1.90 bits per heavy atom. The Hall–Kier alpha value is -4.80. The molecule has 42 heavy (non-hydrogen) atoms. The van der Waals surface area contributed by atoms with Crippen LogP contribution < -0.4 is 15.4 Å². The fraction of sp³-hybridized carbons (Fsp3) is 0.355. The SMILES string of the molecule is COc1ccc(Cn2nc(NC3CCCN(C(=O)OC(C)(C)C)C3)c3c(Nc4cccc(C(=O)O)c4)ccnc32)cc1. The molecule has 1 atom stereocenters. The highest BCUT2D eigenvalue weighted by molar-refractivity contribution is 6.00. The van der Waals surface area contributed by atoms with E-state index in [-0.39, 0.29) is 17.7 Å². The minimum absolute atomic E-state index is 0.0535. The summed E-state index contributed by atoms with van der Waals surface area (Å²) in [6.07, 6.45) is 3.06. The molecule has 0 aliphatic carbocycles. The maximum absolute atomic E-state index is 12.8. The summed E-state index contributed by atoms with van der Waals surface area (Å²) in [5, 5.41) is 22.1. The Kier molecular flexibility index (Phi) is 8.19. The number of carbonyl (C=O) groups is 2. The van der Waals surface area contributed by atoms with Crippen molar-refractivity contribution in [2.75, 3.05) is 30.8 Å². The average Bonchev–Trinajstić information content (AvgIpc) is 3.30. The Bertz CT molecular complexity index is 1580. The van der Waals surface area contributed by atoms with E-state index in [1.165, 1.54) is 0 Å². The second kappa shape index (κ2) is 12.0. The molecular weight excluding hydrogens is 536 g/mol. The molecule has 0 saturated carbocycles. The van der Waals surface area contributed by atoms with Crippen LogP contribution in [0.2, 0.25) is 0 Å². The molecule has 2 aromatic heterocycles. The number of benzene rings is 2. The number of fused-ring (bicyclic) bond motifs is 1. The average molecular weight is 573 g/mol. The monoisotopic (exact) mass is 572 g/mol. The standard InChI is InChI=1S/C31H36N6O5/c1-31(2,3)42-30(40)36-16-6-9-23(19-36)34-27-26-25(33-22-8-5-7-21(17-22)29(38)39)14-15-32-28(26)37(35-27)18-20-10-12-24(41-4)13-11-20/h5,7-8,10-15,17,23H,6,9,16,18-19H2,1-4H3,(H,32,33)(H,34,35)(H,38,39). The highest BCUT2D eigenvalue weighted by Gasteiger charge is 2.29. The van der Waals surface area contributed by atoms with E-state index in [0.717, 1.165) is 35.2 Å². The summed E-state index contributed by atoms with van der Waals surface area (Å²) >= 11 is 0. The smallest absolute Gasteiger partial charge is 0.410 e. The van der Waals surface area contributed by atoms with Crippen molar-refractivity contribution in [1.82, 2.24) is 19.7 Å². The number of carboxylic acid groups (broad SMARTS) is 1. The first-order chi connectivity index (χ1) is 20.1. The molecule has 11 heteroatoms. The van der Waals surface area contributed by atoms with Crippen molar-refractivity contribution in [3.8, 4) is 5.75 Å². The zero-order valence-corrected chi connectivity index (χ0v) is 24.3. The molecule has 1 fully saturated rings. The van der Waals surface area contributed by atoms with Crippen molar-refractivity contribution in [1.29, 1.82) is 0 Å². The molecule has 0 spiro atoms. The fourth-order valence-corrected chi connectivity index (χ4v) is 4.98. The lowest BCUT2D eigenvalue weighted by Crippen LogP contribution is -2.47. The summed E-state index contributed by atoms with van der Waals surface area (Å²) in [6, 6.07) is 16.2. The second-order valence-electron chi connectivity index (χ2n) is 11.3. The number of hydrogen-bond donors (Lipinski definition) is 3. The van der Waals surface area contributed by atoms with E-state index in [0.29, 0.717) is 36.8 Å². The van der Waals surface area contributed by atoms with Gasteiger partial charge in [-0.2, -0.15) is 5.10 Å². The number of nitrogens with one attached hydrogen (secondary N) is 2. The van der Waals surface area contributed by atoms with Crippen molar-refractivity contribution >= 4 is 40.3 Å². The number of amides is 1. The molecule has 0 bridgehead atoms. The van der Waals surface area contributed by atoms with Crippen LogP contribution in [0.1, 0.15) is 49.5 Å². The third kappa shape index (κ3) is 6.73. The number of ether oxygens (including phenoxy) is 2. The fourth-order valence-electron chi connectivity index (χ4n) is 4.98. The number of likely N-dealkylation sites (tertiary alicyclic amines) is 1. The molecule has 5 rings (SSSR count). The third-order valence-electron chi connectivity index (χ3n) is 6.93. The molecule has 1 unspecified atom stereocenters. The number of carbonyl (C=O) groups excluding carboxylic acids is 1. The molecule has 1 saturated heterocycles. The lowest BCUT2D eigenvalue weighted by molar-refractivity contribution is 0.0206. The number of piperidine rings is 1. The molecule has 1 aliphatic rings. The number of anilines is 3.